The average Bonchev–Trinajstić information content (AvgIpc) is 2.19. The summed E-state index contributed by atoms with van der Waals surface area (Å²) in [5, 5.41) is 2.83. The summed E-state index contributed by atoms with van der Waals surface area (Å²) in [6, 6.07) is 0. The number of carbonyl (C=O) groups is 2. The number of primary amides is 1. The standard InChI is InChI=1S/C14H24N2O3/c1-12(2,3)19-11(18)16-14(5)8-6-13(4,7-9-14)10(15)17/h6,8H,7,9H2,1-5H3,(H2,15,17)(H,16,18). The minimum Gasteiger partial charge on any atom is -0.444 e. The van der Waals surface area contributed by atoms with Crippen LogP contribution >= 0.6 is 0 Å². The number of nitrogens with one attached hydrogen (secondary N) is 1. The summed E-state index contributed by atoms with van der Waals surface area (Å²) in [7, 11) is 0. The van der Waals surface area contributed by atoms with E-state index in [1.54, 1.807) is 13.0 Å². The largest absolute Gasteiger partial charge is 0.444 e. The molecule has 0 spiro atoms. The summed E-state index contributed by atoms with van der Waals surface area (Å²) in [6.45, 7) is 9.15. The fraction of sp³-hybridized carbons (Fsp3) is 0.714. The summed E-state index contributed by atoms with van der Waals surface area (Å²) in [5.74, 6) is -0.344. The Morgan fingerprint density at radius 2 is 1.79 bits per heavy atom. The first kappa shape index (κ1) is 15.5. The van der Waals surface area contributed by atoms with Crippen LogP contribution in [-0.4, -0.2) is 23.1 Å². The molecule has 19 heavy (non-hydrogen) atoms. The molecule has 1 rings (SSSR count). The molecule has 5 nitrogen and oxygen atoms in total. The van der Waals surface area contributed by atoms with Gasteiger partial charge in [0.1, 0.15) is 5.60 Å². The fourth-order valence-electron chi connectivity index (χ4n) is 1.90. The van der Waals surface area contributed by atoms with Crippen molar-refractivity contribution in [3.8, 4) is 0 Å². The molecule has 0 fully saturated rings. The van der Waals surface area contributed by atoms with Crippen molar-refractivity contribution in [3.63, 3.8) is 0 Å². The van der Waals surface area contributed by atoms with Crippen molar-refractivity contribution in [1.82, 2.24) is 5.32 Å². The zero-order valence-corrected chi connectivity index (χ0v) is 12.4. The van der Waals surface area contributed by atoms with Gasteiger partial charge < -0.3 is 15.8 Å². The second-order valence-corrected chi connectivity index (χ2v) is 6.66. The lowest BCUT2D eigenvalue weighted by atomic mass is 9.74. The van der Waals surface area contributed by atoms with E-state index in [0.717, 1.165) is 0 Å². The molecular formula is C14H24N2O3. The Morgan fingerprint density at radius 1 is 1.21 bits per heavy atom. The number of amides is 2. The molecule has 0 aliphatic heterocycles. The third-order valence-electron chi connectivity index (χ3n) is 3.33. The molecule has 1 aliphatic carbocycles. The lowest BCUT2D eigenvalue weighted by Crippen LogP contribution is -2.50. The molecule has 5 heteroatoms. The molecule has 2 unspecified atom stereocenters. The molecule has 0 radical (unpaired) electrons. The van der Waals surface area contributed by atoms with Gasteiger partial charge in [0.15, 0.2) is 0 Å². The molecule has 3 N–H and O–H groups in total. The van der Waals surface area contributed by atoms with Gasteiger partial charge in [0.25, 0.3) is 0 Å². The third kappa shape index (κ3) is 4.26. The first-order valence-electron chi connectivity index (χ1n) is 6.47. The Balaban J connectivity index is 2.71. The Morgan fingerprint density at radius 3 is 2.16 bits per heavy atom. The van der Waals surface area contributed by atoms with Crippen LogP contribution in [0.4, 0.5) is 4.79 Å². The summed E-state index contributed by atoms with van der Waals surface area (Å²) in [4.78, 5) is 23.1. The van der Waals surface area contributed by atoms with Gasteiger partial charge in [0.2, 0.25) is 5.91 Å². The number of nitrogens with two attached hydrogens (primary N) is 1. The normalized spacial score (nSPS) is 30.8. The van der Waals surface area contributed by atoms with Crippen molar-refractivity contribution >= 4 is 12.0 Å². The van der Waals surface area contributed by atoms with Gasteiger partial charge in [-0.05, 0) is 47.5 Å². The van der Waals surface area contributed by atoms with Gasteiger partial charge in [-0.1, -0.05) is 12.2 Å². The van der Waals surface area contributed by atoms with Crippen LogP contribution in [0.3, 0.4) is 0 Å². The smallest absolute Gasteiger partial charge is 0.408 e. The monoisotopic (exact) mass is 268 g/mol. The highest BCUT2D eigenvalue weighted by Gasteiger charge is 2.37. The maximum atomic E-state index is 11.8. The summed E-state index contributed by atoms with van der Waals surface area (Å²) in [5.41, 5.74) is 3.71. The maximum Gasteiger partial charge on any atom is 0.408 e. The molecular weight excluding hydrogens is 244 g/mol. The minimum absolute atomic E-state index is 0.344. The first-order valence-corrected chi connectivity index (χ1v) is 6.47. The quantitative estimate of drug-likeness (QED) is 0.752. The molecule has 0 aromatic rings. The number of alkyl carbamates (subject to hydrolysis) is 1. The van der Waals surface area contributed by atoms with E-state index in [0.29, 0.717) is 12.8 Å². The second kappa shape index (κ2) is 4.87. The Labute approximate surface area is 114 Å². The second-order valence-electron chi connectivity index (χ2n) is 6.66. The molecule has 1 aliphatic rings. The van der Waals surface area contributed by atoms with Crippen LogP contribution in [-0.2, 0) is 9.53 Å². The van der Waals surface area contributed by atoms with Gasteiger partial charge in [0.05, 0.1) is 11.0 Å². The first-order chi connectivity index (χ1) is 8.46. The molecule has 0 saturated carbocycles. The fourth-order valence-corrected chi connectivity index (χ4v) is 1.90. The predicted octanol–water partition coefficient (Wildman–Crippen LogP) is 2.11. The highest BCUT2D eigenvalue weighted by molar-refractivity contribution is 5.82. The van der Waals surface area contributed by atoms with Crippen LogP contribution in [0.5, 0.6) is 0 Å². The summed E-state index contributed by atoms with van der Waals surface area (Å²) >= 11 is 0. The Bertz CT molecular complexity index is 411. The molecule has 2 amide bonds. The van der Waals surface area contributed by atoms with Crippen LogP contribution in [0.15, 0.2) is 12.2 Å². The summed E-state index contributed by atoms with van der Waals surface area (Å²) < 4.78 is 5.23. The van der Waals surface area contributed by atoms with Gasteiger partial charge in [-0.15, -0.1) is 0 Å². The van der Waals surface area contributed by atoms with Crippen molar-refractivity contribution in [3.05, 3.63) is 12.2 Å². The SMILES string of the molecule is CC1(NC(=O)OC(C)(C)C)C=CC(C)(C(N)=O)CC1. The van der Waals surface area contributed by atoms with Gasteiger partial charge >= 0.3 is 6.09 Å². The predicted molar refractivity (Wildman–Crippen MR) is 73.5 cm³/mol. The zero-order valence-electron chi connectivity index (χ0n) is 12.4. The van der Waals surface area contributed by atoms with Crippen molar-refractivity contribution in [2.24, 2.45) is 11.1 Å². The molecule has 0 aromatic heterocycles. The number of ether oxygens (including phenoxy) is 1. The molecule has 0 heterocycles. The van der Waals surface area contributed by atoms with Crippen molar-refractivity contribution in [1.29, 1.82) is 0 Å². The molecule has 0 bridgehead atoms. The highest BCUT2D eigenvalue weighted by Crippen LogP contribution is 2.34. The van der Waals surface area contributed by atoms with Crippen molar-refractivity contribution in [2.45, 2.75) is 58.6 Å². The number of hydrogen-bond donors (Lipinski definition) is 2. The van der Waals surface area contributed by atoms with Crippen LogP contribution in [0, 0.1) is 5.41 Å². The van der Waals surface area contributed by atoms with E-state index in [9.17, 15) is 9.59 Å². The van der Waals surface area contributed by atoms with E-state index in [-0.39, 0.29) is 5.91 Å². The van der Waals surface area contributed by atoms with E-state index in [1.807, 2.05) is 33.8 Å². The Hall–Kier alpha value is -1.52. The van der Waals surface area contributed by atoms with Gasteiger partial charge in [-0.3, -0.25) is 4.79 Å². The number of hydrogen-bond acceptors (Lipinski definition) is 3. The summed E-state index contributed by atoms with van der Waals surface area (Å²) in [6.07, 6.45) is 4.39. The maximum absolute atomic E-state index is 11.8. The van der Waals surface area contributed by atoms with Crippen LogP contribution in [0.2, 0.25) is 0 Å². The molecule has 2 atom stereocenters. The number of rotatable bonds is 2. The van der Waals surface area contributed by atoms with E-state index in [2.05, 4.69) is 5.32 Å². The highest BCUT2D eigenvalue weighted by atomic mass is 16.6. The molecule has 108 valence electrons. The molecule has 0 saturated heterocycles. The van der Waals surface area contributed by atoms with Crippen LogP contribution < -0.4 is 11.1 Å². The topological polar surface area (TPSA) is 81.4 Å². The van der Waals surface area contributed by atoms with Gasteiger partial charge in [0, 0.05) is 0 Å². The lowest BCUT2D eigenvalue weighted by molar-refractivity contribution is -0.125. The lowest BCUT2D eigenvalue weighted by Gasteiger charge is -2.37. The van der Waals surface area contributed by atoms with E-state index < -0.39 is 22.6 Å². The van der Waals surface area contributed by atoms with Gasteiger partial charge in [-0.2, -0.15) is 0 Å². The zero-order chi connectivity index (χ0) is 14.9. The van der Waals surface area contributed by atoms with E-state index in [4.69, 9.17) is 10.5 Å². The Kier molecular flexibility index (Phi) is 3.98. The van der Waals surface area contributed by atoms with Gasteiger partial charge in [-0.25, -0.2) is 4.79 Å². The van der Waals surface area contributed by atoms with Crippen LogP contribution in [0.1, 0.15) is 47.5 Å². The van der Waals surface area contributed by atoms with Crippen molar-refractivity contribution in [2.75, 3.05) is 0 Å². The van der Waals surface area contributed by atoms with Crippen molar-refractivity contribution < 1.29 is 14.3 Å². The van der Waals surface area contributed by atoms with Crippen LogP contribution in [0.25, 0.3) is 0 Å². The van der Waals surface area contributed by atoms with E-state index >= 15 is 0 Å². The average molecular weight is 268 g/mol. The number of carbonyl (C=O) groups excluding carboxylic acids is 2. The third-order valence-corrected chi connectivity index (χ3v) is 3.33. The minimum atomic E-state index is -0.630. The van der Waals surface area contributed by atoms with E-state index in [1.165, 1.54) is 0 Å². The molecule has 0 aromatic carbocycles.